The molecule has 0 N–H and O–H groups in total. The van der Waals surface area contributed by atoms with Gasteiger partial charge in [0, 0.05) is 12.1 Å². The summed E-state index contributed by atoms with van der Waals surface area (Å²) in [5.74, 6) is 0. The van der Waals surface area contributed by atoms with Crippen LogP contribution in [0.5, 0.6) is 0 Å². The molecule has 0 aromatic rings. The van der Waals surface area contributed by atoms with Gasteiger partial charge < -0.3 is 0 Å². The molecule has 0 aromatic heterocycles. The minimum absolute atomic E-state index is 0.972. The van der Waals surface area contributed by atoms with E-state index >= 15 is 0 Å². The van der Waals surface area contributed by atoms with Gasteiger partial charge in [-0.1, -0.05) is 19.8 Å². The van der Waals surface area contributed by atoms with Gasteiger partial charge in [0.1, 0.15) is 0 Å². The van der Waals surface area contributed by atoms with Gasteiger partial charge >= 0.3 is 0 Å². The van der Waals surface area contributed by atoms with Gasteiger partial charge in [0.15, 0.2) is 0 Å². The Balaban J connectivity index is 1.77. The Bertz CT molecular complexity index is 119. The maximum atomic E-state index is 3.88. The van der Waals surface area contributed by atoms with E-state index < -0.39 is 0 Å². The van der Waals surface area contributed by atoms with Gasteiger partial charge in [-0.3, -0.25) is 4.90 Å². The highest BCUT2D eigenvalue weighted by atomic mass is 15.3. The summed E-state index contributed by atoms with van der Waals surface area (Å²) in [7, 11) is 0. The lowest BCUT2D eigenvalue weighted by molar-refractivity contribution is -0.0272. The largest absolute Gasteiger partial charge is 0.297 e. The highest BCUT2D eigenvalue weighted by molar-refractivity contribution is 4.96. The number of fused-ring (bicyclic) bond motifs is 2. The molecule has 1 radical (unpaired) electrons. The molecular weight excluding hydrogens is 134 g/mol. The number of hydrogen-bond donors (Lipinski definition) is 0. The average molecular weight is 152 g/mol. The predicted octanol–water partition coefficient (Wildman–Crippen LogP) is 2.23. The van der Waals surface area contributed by atoms with Crippen molar-refractivity contribution in [2.24, 2.45) is 0 Å². The first-order valence-electron chi connectivity index (χ1n) is 4.97. The van der Waals surface area contributed by atoms with Gasteiger partial charge in [-0.15, -0.1) is 0 Å². The van der Waals surface area contributed by atoms with E-state index in [1.165, 1.54) is 38.6 Å². The fraction of sp³-hybridized carbons (Fsp3) is 0.900. The first-order chi connectivity index (χ1) is 5.42. The Morgan fingerprint density at radius 3 is 2.55 bits per heavy atom. The van der Waals surface area contributed by atoms with E-state index in [2.05, 4.69) is 11.8 Å². The van der Waals surface area contributed by atoms with Gasteiger partial charge in [0.05, 0.1) is 0 Å². The molecule has 2 aliphatic heterocycles. The lowest BCUT2D eigenvalue weighted by Crippen LogP contribution is -2.58. The van der Waals surface area contributed by atoms with Crippen LogP contribution in [0.2, 0.25) is 0 Å². The number of unbranched alkanes of at least 4 members (excludes halogenated alkanes) is 1. The van der Waals surface area contributed by atoms with Crippen LogP contribution >= 0.6 is 0 Å². The van der Waals surface area contributed by atoms with Crippen molar-refractivity contribution >= 4 is 0 Å². The lowest BCUT2D eigenvalue weighted by Gasteiger charge is -2.53. The van der Waals surface area contributed by atoms with E-state index in [0.717, 1.165) is 18.5 Å². The standard InChI is InChI=1S/C10H18N/c1-2-3-7-11-9-5-4-6-10(11)8-9/h9-10H,1-8H2. The number of piperidine rings is 1. The zero-order valence-corrected chi connectivity index (χ0v) is 7.26. The van der Waals surface area contributed by atoms with Gasteiger partial charge in [-0.05, 0) is 32.2 Å². The summed E-state index contributed by atoms with van der Waals surface area (Å²) in [6.45, 7) is 5.20. The minimum atomic E-state index is 0.972. The third-order valence-corrected chi connectivity index (χ3v) is 3.22. The molecule has 11 heavy (non-hydrogen) atoms. The molecule has 0 spiro atoms. The summed E-state index contributed by atoms with van der Waals surface area (Å²) < 4.78 is 0. The van der Waals surface area contributed by atoms with Crippen molar-refractivity contribution in [2.75, 3.05) is 6.54 Å². The van der Waals surface area contributed by atoms with Crippen LogP contribution in [-0.4, -0.2) is 23.5 Å². The highest BCUT2D eigenvalue weighted by Crippen LogP contribution is 2.37. The maximum Gasteiger partial charge on any atom is 0.0113 e. The van der Waals surface area contributed by atoms with Crippen molar-refractivity contribution in [3.05, 3.63) is 6.92 Å². The quantitative estimate of drug-likeness (QED) is 0.599. The molecule has 2 saturated heterocycles. The number of nitrogens with zero attached hydrogens (tertiary/aromatic N) is 1. The molecule has 1 nitrogen and oxygen atoms in total. The fourth-order valence-corrected chi connectivity index (χ4v) is 2.56. The summed E-state index contributed by atoms with van der Waals surface area (Å²) in [4.78, 5) is 2.70. The molecule has 2 atom stereocenters. The molecule has 1 heteroatoms. The van der Waals surface area contributed by atoms with E-state index in [0.29, 0.717) is 0 Å². The summed E-state index contributed by atoms with van der Waals surface area (Å²) in [6.07, 6.45) is 8.32. The lowest BCUT2D eigenvalue weighted by atomic mass is 9.79. The molecule has 63 valence electrons. The first kappa shape index (κ1) is 7.60. The van der Waals surface area contributed by atoms with Crippen LogP contribution in [0, 0.1) is 6.92 Å². The zero-order chi connectivity index (χ0) is 7.68. The van der Waals surface area contributed by atoms with Crippen LogP contribution in [0.4, 0.5) is 0 Å². The maximum absolute atomic E-state index is 3.88. The Morgan fingerprint density at radius 2 is 2.00 bits per heavy atom. The third kappa shape index (κ3) is 1.31. The second-order valence-corrected chi connectivity index (χ2v) is 3.92. The van der Waals surface area contributed by atoms with Gasteiger partial charge in [0.2, 0.25) is 0 Å². The van der Waals surface area contributed by atoms with Crippen molar-refractivity contribution < 1.29 is 0 Å². The molecular formula is C10H18N. The van der Waals surface area contributed by atoms with Crippen LogP contribution < -0.4 is 0 Å². The van der Waals surface area contributed by atoms with Crippen molar-refractivity contribution in [1.82, 2.24) is 4.90 Å². The second-order valence-electron chi connectivity index (χ2n) is 3.92. The normalized spacial score (nSPS) is 36.8. The molecule has 1 aliphatic carbocycles. The molecule has 2 unspecified atom stereocenters. The Morgan fingerprint density at radius 1 is 1.27 bits per heavy atom. The fourth-order valence-electron chi connectivity index (χ4n) is 2.56. The second kappa shape index (κ2) is 3.14. The van der Waals surface area contributed by atoms with E-state index in [4.69, 9.17) is 0 Å². The number of hydrogen-bond acceptors (Lipinski definition) is 1. The minimum Gasteiger partial charge on any atom is -0.297 e. The molecule has 2 heterocycles. The smallest absolute Gasteiger partial charge is 0.0113 e. The Hall–Kier alpha value is -0.0400. The zero-order valence-electron chi connectivity index (χ0n) is 7.26. The molecule has 1 saturated carbocycles. The first-order valence-corrected chi connectivity index (χ1v) is 4.97. The highest BCUT2D eigenvalue weighted by Gasteiger charge is 2.40. The van der Waals surface area contributed by atoms with Crippen LogP contribution in [0.15, 0.2) is 0 Å². The average Bonchev–Trinajstić information content (AvgIpc) is 2.06. The van der Waals surface area contributed by atoms with Crippen LogP contribution in [0.1, 0.15) is 38.5 Å². The molecule has 2 bridgehead atoms. The SMILES string of the molecule is [CH2]CCCN1C2CCCC1C2. The Kier molecular flexibility index (Phi) is 2.17. The van der Waals surface area contributed by atoms with E-state index in [-0.39, 0.29) is 0 Å². The van der Waals surface area contributed by atoms with Crippen molar-refractivity contribution in [2.45, 2.75) is 50.6 Å². The monoisotopic (exact) mass is 152 g/mol. The van der Waals surface area contributed by atoms with Crippen LogP contribution in [-0.2, 0) is 0 Å². The number of rotatable bonds is 3. The van der Waals surface area contributed by atoms with Crippen LogP contribution in [0.3, 0.4) is 0 Å². The molecule has 3 rings (SSSR count). The Labute approximate surface area is 69.8 Å². The summed E-state index contributed by atoms with van der Waals surface area (Å²) in [5, 5.41) is 0. The third-order valence-electron chi connectivity index (χ3n) is 3.22. The molecule has 3 fully saturated rings. The van der Waals surface area contributed by atoms with Crippen molar-refractivity contribution in [3.63, 3.8) is 0 Å². The van der Waals surface area contributed by atoms with Crippen LogP contribution in [0.25, 0.3) is 0 Å². The van der Waals surface area contributed by atoms with Gasteiger partial charge in [-0.25, -0.2) is 0 Å². The van der Waals surface area contributed by atoms with Gasteiger partial charge in [0.25, 0.3) is 0 Å². The van der Waals surface area contributed by atoms with E-state index in [9.17, 15) is 0 Å². The molecule has 0 amide bonds. The molecule has 3 aliphatic rings. The predicted molar refractivity (Wildman–Crippen MR) is 47.3 cm³/mol. The summed E-state index contributed by atoms with van der Waals surface area (Å²) >= 11 is 0. The summed E-state index contributed by atoms with van der Waals surface area (Å²) in [6, 6.07) is 1.94. The topological polar surface area (TPSA) is 3.24 Å². The van der Waals surface area contributed by atoms with Gasteiger partial charge in [-0.2, -0.15) is 0 Å². The van der Waals surface area contributed by atoms with E-state index in [1.54, 1.807) is 0 Å². The molecule has 0 aromatic carbocycles. The summed E-state index contributed by atoms with van der Waals surface area (Å²) in [5.41, 5.74) is 0. The van der Waals surface area contributed by atoms with E-state index in [1.807, 2.05) is 0 Å². The van der Waals surface area contributed by atoms with Crippen molar-refractivity contribution in [1.29, 1.82) is 0 Å². The van der Waals surface area contributed by atoms with Crippen molar-refractivity contribution in [3.8, 4) is 0 Å².